The second-order valence-corrected chi connectivity index (χ2v) is 5.27. The average molecular weight is 308 g/mol. The molecule has 1 aromatic rings. The van der Waals surface area contributed by atoms with E-state index in [-0.39, 0.29) is 13.0 Å². The molecule has 3 N–H and O–H groups in total. The Labute approximate surface area is 128 Å². The van der Waals surface area contributed by atoms with E-state index in [9.17, 15) is 20.1 Å². The van der Waals surface area contributed by atoms with Gasteiger partial charge in [-0.05, 0) is 12.1 Å². The molecule has 4 atom stereocenters. The summed E-state index contributed by atoms with van der Waals surface area (Å²) in [7, 11) is 0. The highest BCUT2D eigenvalue weighted by atomic mass is 16.6. The van der Waals surface area contributed by atoms with Crippen molar-refractivity contribution in [2.24, 2.45) is 0 Å². The number of carbonyl (C=O) groups excluding carboxylic acids is 1. The SMILES string of the molecule is C=CC[C@@]1(COC(=O)c2ccccc2)OC(CO)[C@@H](O)[C@H]1O. The number of aliphatic hydroxyl groups is 3. The molecule has 6 heteroatoms. The molecule has 1 aliphatic rings. The van der Waals surface area contributed by atoms with Gasteiger partial charge in [-0.2, -0.15) is 0 Å². The van der Waals surface area contributed by atoms with Gasteiger partial charge in [-0.3, -0.25) is 0 Å². The quantitative estimate of drug-likeness (QED) is 0.516. The second-order valence-electron chi connectivity index (χ2n) is 5.27. The first kappa shape index (κ1) is 16.6. The lowest BCUT2D eigenvalue weighted by atomic mass is 9.92. The predicted molar refractivity (Wildman–Crippen MR) is 78.2 cm³/mol. The molecule has 0 amide bonds. The first-order valence-electron chi connectivity index (χ1n) is 7.02. The monoisotopic (exact) mass is 308 g/mol. The average Bonchev–Trinajstić information content (AvgIpc) is 2.79. The maximum Gasteiger partial charge on any atom is 0.338 e. The number of aliphatic hydroxyl groups excluding tert-OH is 3. The molecular formula is C16H20O6. The fourth-order valence-electron chi connectivity index (χ4n) is 2.54. The van der Waals surface area contributed by atoms with Crippen LogP contribution in [-0.4, -0.2) is 58.4 Å². The molecule has 6 nitrogen and oxygen atoms in total. The Hall–Kier alpha value is -1.73. The molecule has 0 bridgehead atoms. The third-order valence-electron chi connectivity index (χ3n) is 3.76. The maximum atomic E-state index is 12.0. The first-order chi connectivity index (χ1) is 10.5. The predicted octanol–water partition coefficient (Wildman–Crippen LogP) is 0.271. The molecule has 0 aliphatic carbocycles. The lowest BCUT2D eigenvalue weighted by Crippen LogP contribution is -2.47. The summed E-state index contributed by atoms with van der Waals surface area (Å²) in [6.45, 7) is 2.90. The summed E-state index contributed by atoms with van der Waals surface area (Å²) in [6.07, 6.45) is -1.78. The molecule has 22 heavy (non-hydrogen) atoms. The molecular weight excluding hydrogens is 288 g/mol. The highest BCUT2D eigenvalue weighted by Crippen LogP contribution is 2.35. The van der Waals surface area contributed by atoms with Gasteiger partial charge >= 0.3 is 5.97 Å². The molecule has 1 heterocycles. The molecule has 1 aromatic carbocycles. The summed E-state index contributed by atoms with van der Waals surface area (Å²) in [6, 6.07) is 8.42. The minimum absolute atomic E-state index is 0.170. The molecule has 1 fully saturated rings. The zero-order chi connectivity index (χ0) is 16.2. The molecule has 0 aromatic heterocycles. The van der Waals surface area contributed by atoms with Crippen molar-refractivity contribution in [1.29, 1.82) is 0 Å². The van der Waals surface area contributed by atoms with Gasteiger partial charge in [-0.25, -0.2) is 4.79 Å². The fraction of sp³-hybridized carbons (Fsp3) is 0.438. The second kappa shape index (κ2) is 7.02. The first-order valence-corrected chi connectivity index (χ1v) is 7.02. The van der Waals surface area contributed by atoms with E-state index in [2.05, 4.69) is 6.58 Å². The highest BCUT2D eigenvalue weighted by molar-refractivity contribution is 5.89. The van der Waals surface area contributed by atoms with Crippen LogP contribution in [0.15, 0.2) is 43.0 Å². The van der Waals surface area contributed by atoms with Gasteiger partial charge in [-0.1, -0.05) is 24.3 Å². The summed E-state index contributed by atoms with van der Waals surface area (Å²) in [4.78, 5) is 12.0. The lowest BCUT2D eigenvalue weighted by Gasteiger charge is -2.30. The van der Waals surface area contributed by atoms with E-state index < -0.39 is 36.5 Å². The van der Waals surface area contributed by atoms with E-state index in [0.717, 1.165) is 0 Å². The van der Waals surface area contributed by atoms with E-state index in [1.54, 1.807) is 30.3 Å². The zero-order valence-corrected chi connectivity index (χ0v) is 12.1. The van der Waals surface area contributed by atoms with Gasteiger partial charge in [0.25, 0.3) is 0 Å². The smallest absolute Gasteiger partial charge is 0.338 e. The van der Waals surface area contributed by atoms with Crippen LogP contribution in [0.25, 0.3) is 0 Å². The number of rotatable bonds is 6. The van der Waals surface area contributed by atoms with Crippen molar-refractivity contribution in [3.8, 4) is 0 Å². The standard InChI is InChI=1S/C16H20O6/c1-2-8-16(14(19)13(18)12(9-17)22-16)10-21-15(20)11-6-4-3-5-7-11/h2-7,12-14,17-19H,1,8-10H2/t12?,13-,14-,16+/m1/s1. The Morgan fingerprint density at radius 3 is 2.59 bits per heavy atom. The Morgan fingerprint density at radius 2 is 2.05 bits per heavy atom. The Bertz CT molecular complexity index is 517. The molecule has 1 unspecified atom stereocenters. The van der Waals surface area contributed by atoms with Gasteiger partial charge in [0.2, 0.25) is 0 Å². The largest absolute Gasteiger partial charge is 0.459 e. The van der Waals surface area contributed by atoms with Crippen LogP contribution in [0.3, 0.4) is 0 Å². The van der Waals surface area contributed by atoms with Crippen LogP contribution in [0.2, 0.25) is 0 Å². The molecule has 2 rings (SSSR count). The van der Waals surface area contributed by atoms with E-state index in [1.165, 1.54) is 6.08 Å². The number of esters is 1. The summed E-state index contributed by atoms with van der Waals surface area (Å²) in [5.41, 5.74) is -0.929. The van der Waals surface area contributed by atoms with Crippen molar-refractivity contribution in [2.45, 2.75) is 30.3 Å². The van der Waals surface area contributed by atoms with Crippen molar-refractivity contribution in [3.63, 3.8) is 0 Å². The summed E-state index contributed by atoms with van der Waals surface area (Å²) in [5, 5.41) is 29.3. The van der Waals surface area contributed by atoms with Crippen LogP contribution in [-0.2, 0) is 9.47 Å². The van der Waals surface area contributed by atoms with Crippen molar-refractivity contribution in [2.75, 3.05) is 13.2 Å². The number of benzene rings is 1. The van der Waals surface area contributed by atoms with E-state index in [4.69, 9.17) is 9.47 Å². The Kier molecular flexibility index (Phi) is 5.31. The van der Waals surface area contributed by atoms with Crippen LogP contribution >= 0.6 is 0 Å². The van der Waals surface area contributed by atoms with E-state index in [1.807, 2.05) is 0 Å². The molecule has 1 saturated heterocycles. The number of carbonyl (C=O) groups is 1. The topological polar surface area (TPSA) is 96.2 Å². The van der Waals surface area contributed by atoms with Gasteiger partial charge in [0.05, 0.1) is 12.2 Å². The Balaban J connectivity index is 2.09. The van der Waals surface area contributed by atoms with Crippen LogP contribution in [0.5, 0.6) is 0 Å². The Morgan fingerprint density at radius 1 is 1.36 bits per heavy atom. The maximum absolute atomic E-state index is 12.0. The number of hydrogen-bond donors (Lipinski definition) is 3. The van der Waals surface area contributed by atoms with Gasteiger partial charge in [-0.15, -0.1) is 6.58 Å². The van der Waals surface area contributed by atoms with Gasteiger partial charge in [0.15, 0.2) is 0 Å². The fourth-order valence-corrected chi connectivity index (χ4v) is 2.54. The van der Waals surface area contributed by atoms with E-state index in [0.29, 0.717) is 5.56 Å². The molecule has 0 radical (unpaired) electrons. The lowest BCUT2D eigenvalue weighted by molar-refractivity contribution is -0.119. The van der Waals surface area contributed by atoms with E-state index >= 15 is 0 Å². The molecule has 0 saturated carbocycles. The van der Waals surface area contributed by atoms with Crippen molar-refractivity contribution in [3.05, 3.63) is 48.6 Å². The summed E-state index contributed by atoms with van der Waals surface area (Å²) in [5.74, 6) is -0.554. The van der Waals surface area contributed by atoms with Crippen LogP contribution in [0.4, 0.5) is 0 Å². The molecule has 0 spiro atoms. The zero-order valence-electron chi connectivity index (χ0n) is 12.1. The van der Waals surface area contributed by atoms with Crippen LogP contribution in [0.1, 0.15) is 16.8 Å². The third kappa shape index (κ3) is 3.20. The number of hydrogen-bond acceptors (Lipinski definition) is 6. The van der Waals surface area contributed by atoms with Crippen molar-refractivity contribution in [1.82, 2.24) is 0 Å². The van der Waals surface area contributed by atoms with Crippen LogP contribution in [0, 0.1) is 0 Å². The normalized spacial score (nSPS) is 31.0. The third-order valence-corrected chi connectivity index (χ3v) is 3.76. The van der Waals surface area contributed by atoms with Crippen molar-refractivity contribution >= 4 is 5.97 Å². The van der Waals surface area contributed by atoms with Gasteiger partial charge in [0.1, 0.15) is 30.5 Å². The number of ether oxygens (including phenoxy) is 2. The summed E-state index contributed by atoms with van der Waals surface area (Å²) < 4.78 is 10.8. The molecule has 120 valence electrons. The van der Waals surface area contributed by atoms with Crippen molar-refractivity contribution < 1.29 is 29.6 Å². The van der Waals surface area contributed by atoms with Crippen LogP contribution < -0.4 is 0 Å². The van der Waals surface area contributed by atoms with Gasteiger partial charge < -0.3 is 24.8 Å². The summed E-state index contributed by atoms with van der Waals surface area (Å²) >= 11 is 0. The highest BCUT2D eigenvalue weighted by Gasteiger charge is 2.54. The molecule has 1 aliphatic heterocycles. The van der Waals surface area contributed by atoms with Gasteiger partial charge in [0, 0.05) is 6.42 Å². The minimum atomic E-state index is -1.31. The minimum Gasteiger partial charge on any atom is -0.459 e.